The number of benzene rings is 2. The van der Waals surface area contributed by atoms with Gasteiger partial charge in [0.15, 0.2) is 5.16 Å². The first-order valence-electron chi connectivity index (χ1n) is 10.7. The van der Waals surface area contributed by atoms with Gasteiger partial charge in [-0.05, 0) is 36.4 Å². The molecule has 0 fully saturated rings. The van der Waals surface area contributed by atoms with Gasteiger partial charge in [-0.25, -0.2) is 4.98 Å². The molecule has 9 heteroatoms. The zero-order valence-corrected chi connectivity index (χ0v) is 20.2. The Bertz CT molecular complexity index is 1470. The largest absolute Gasteiger partial charge is 0.310 e. The van der Waals surface area contributed by atoms with Gasteiger partial charge in [-0.15, -0.1) is 0 Å². The van der Waals surface area contributed by atoms with Crippen molar-refractivity contribution in [2.24, 2.45) is 7.05 Å². The number of carbonyl (C=O) groups excluding carboxylic acids is 1. The van der Waals surface area contributed by atoms with Crippen LogP contribution >= 0.6 is 11.8 Å². The number of anilines is 1. The van der Waals surface area contributed by atoms with E-state index < -0.39 is 0 Å². The van der Waals surface area contributed by atoms with Gasteiger partial charge in [-0.3, -0.25) is 18.8 Å². The van der Waals surface area contributed by atoms with Crippen LogP contribution in [-0.2, 0) is 17.3 Å². The third-order valence-electron chi connectivity index (χ3n) is 5.25. The zero-order chi connectivity index (χ0) is 24.5. The van der Waals surface area contributed by atoms with Gasteiger partial charge in [0.05, 0.1) is 39.7 Å². The van der Waals surface area contributed by atoms with Gasteiger partial charge < -0.3 is 5.32 Å². The maximum Gasteiger partial charge on any atom is 0.266 e. The van der Waals surface area contributed by atoms with Crippen LogP contribution in [0.5, 0.6) is 0 Å². The number of carbonyl (C=O) groups is 1. The van der Waals surface area contributed by atoms with E-state index in [1.165, 1.54) is 16.3 Å². The number of amides is 1. The van der Waals surface area contributed by atoms with Gasteiger partial charge in [0.25, 0.3) is 5.56 Å². The molecule has 34 heavy (non-hydrogen) atoms. The quantitative estimate of drug-likeness (QED) is 0.347. The third kappa shape index (κ3) is 4.72. The highest BCUT2D eigenvalue weighted by atomic mass is 32.2. The van der Waals surface area contributed by atoms with E-state index >= 15 is 0 Å². The van der Waals surface area contributed by atoms with Crippen LogP contribution in [-0.4, -0.2) is 31.0 Å². The van der Waals surface area contributed by atoms with Crippen molar-refractivity contribution in [1.82, 2.24) is 19.3 Å². The lowest BCUT2D eigenvalue weighted by molar-refractivity contribution is -0.113. The Kier molecular flexibility index (Phi) is 6.26. The number of nitrogens with zero attached hydrogens (tertiary/aromatic N) is 5. The summed E-state index contributed by atoms with van der Waals surface area (Å²) in [6, 6.07) is 17.7. The second-order valence-corrected chi connectivity index (χ2v) is 9.78. The van der Waals surface area contributed by atoms with Crippen LogP contribution in [0.25, 0.3) is 16.6 Å². The number of hydrogen-bond acceptors (Lipinski definition) is 6. The molecule has 2 aromatic heterocycles. The van der Waals surface area contributed by atoms with E-state index in [1.54, 1.807) is 54.2 Å². The number of thioether (sulfide) groups is 1. The highest BCUT2D eigenvalue weighted by Gasteiger charge is 2.20. The average Bonchev–Trinajstić information content (AvgIpc) is 3.18. The van der Waals surface area contributed by atoms with E-state index in [-0.39, 0.29) is 22.6 Å². The Balaban J connectivity index is 1.64. The number of nitriles is 1. The Hall–Kier alpha value is -3.90. The van der Waals surface area contributed by atoms with Crippen molar-refractivity contribution >= 4 is 34.4 Å². The standard InChI is InChI=1S/C25H24N6O2S/c1-25(2,3)20-13-21(30(4)29-20)28-22(32)15-34-24-27-19-8-6-5-7-18(19)23(33)31(24)17-11-9-16(14-26)10-12-17/h5-13H,15H2,1-4H3,(H,28,32). The third-order valence-corrected chi connectivity index (χ3v) is 6.19. The number of rotatable bonds is 5. The summed E-state index contributed by atoms with van der Waals surface area (Å²) in [5, 5.41) is 17.3. The fraction of sp³-hybridized carbons (Fsp3) is 0.240. The molecule has 4 aromatic rings. The summed E-state index contributed by atoms with van der Waals surface area (Å²) in [7, 11) is 1.78. The Morgan fingerprint density at radius 3 is 2.50 bits per heavy atom. The summed E-state index contributed by atoms with van der Waals surface area (Å²) in [6.07, 6.45) is 0. The molecule has 0 spiro atoms. The lowest BCUT2D eigenvalue weighted by atomic mass is 9.92. The van der Waals surface area contributed by atoms with E-state index in [9.17, 15) is 9.59 Å². The van der Waals surface area contributed by atoms with Crippen molar-refractivity contribution in [2.45, 2.75) is 31.3 Å². The molecule has 0 aliphatic heterocycles. The first kappa shape index (κ1) is 23.3. The first-order valence-corrected chi connectivity index (χ1v) is 11.7. The molecule has 8 nitrogen and oxygen atoms in total. The van der Waals surface area contributed by atoms with Crippen molar-refractivity contribution in [3.05, 3.63) is 76.2 Å². The summed E-state index contributed by atoms with van der Waals surface area (Å²) < 4.78 is 3.12. The zero-order valence-electron chi connectivity index (χ0n) is 19.4. The Morgan fingerprint density at radius 2 is 1.85 bits per heavy atom. The highest BCUT2D eigenvalue weighted by molar-refractivity contribution is 7.99. The molecular weight excluding hydrogens is 448 g/mol. The summed E-state index contributed by atoms with van der Waals surface area (Å²) >= 11 is 1.17. The van der Waals surface area contributed by atoms with Crippen LogP contribution in [0.1, 0.15) is 32.0 Å². The Morgan fingerprint density at radius 1 is 1.15 bits per heavy atom. The second-order valence-electron chi connectivity index (χ2n) is 8.84. The number of para-hydroxylation sites is 1. The summed E-state index contributed by atoms with van der Waals surface area (Å²) in [5.74, 6) is 0.422. The lowest BCUT2D eigenvalue weighted by Crippen LogP contribution is -2.23. The molecule has 0 unspecified atom stereocenters. The minimum atomic E-state index is -0.236. The van der Waals surface area contributed by atoms with Gasteiger partial charge in [0.2, 0.25) is 5.91 Å². The summed E-state index contributed by atoms with van der Waals surface area (Å²) in [4.78, 5) is 30.7. The second kappa shape index (κ2) is 9.15. The number of fused-ring (bicyclic) bond motifs is 1. The maximum atomic E-state index is 13.3. The molecule has 2 aromatic carbocycles. The molecule has 1 amide bonds. The lowest BCUT2D eigenvalue weighted by Gasteiger charge is -2.13. The van der Waals surface area contributed by atoms with Crippen molar-refractivity contribution in [1.29, 1.82) is 5.26 Å². The average molecular weight is 473 g/mol. The van der Waals surface area contributed by atoms with Crippen molar-refractivity contribution in [3.63, 3.8) is 0 Å². The van der Waals surface area contributed by atoms with Crippen LogP contribution in [0.15, 0.2) is 64.5 Å². The summed E-state index contributed by atoms with van der Waals surface area (Å²) in [6.45, 7) is 6.18. The smallest absolute Gasteiger partial charge is 0.266 e. The van der Waals surface area contributed by atoms with Crippen LogP contribution in [0, 0.1) is 11.3 Å². The SMILES string of the molecule is Cn1nc(C(C)(C)C)cc1NC(=O)CSc1nc2ccccc2c(=O)n1-c1ccc(C#N)cc1. The molecule has 1 N–H and O–H groups in total. The van der Waals surface area contributed by atoms with E-state index in [2.05, 4.69) is 42.2 Å². The van der Waals surface area contributed by atoms with Gasteiger partial charge in [0, 0.05) is 18.5 Å². The monoisotopic (exact) mass is 472 g/mol. The summed E-state index contributed by atoms with van der Waals surface area (Å²) in [5.41, 5.74) is 2.13. The van der Waals surface area contributed by atoms with Crippen molar-refractivity contribution in [2.75, 3.05) is 11.1 Å². The molecule has 4 rings (SSSR count). The van der Waals surface area contributed by atoms with E-state index in [0.29, 0.717) is 33.1 Å². The van der Waals surface area contributed by atoms with Gasteiger partial charge in [-0.1, -0.05) is 44.7 Å². The minimum Gasteiger partial charge on any atom is -0.310 e. The number of nitrogens with one attached hydrogen (secondary N) is 1. The fourth-order valence-electron chi connectivity index (χ4n) is 3.38. The Labute approximate surface area is 201 Å². The van der Waals surface area contributed by atoms with E-state index in [4.69, 9.17) is 5.26 Å². The van der Waals surface area contributed by atoms with Gasteiger partial charge >= 0.3 is 0 Å². The molecule has 0 bridgehead atoms. The predicted molar refractivity (Wildman–Crippen MR) is 133 cm³/mol. The topological polar surface area (TPSA) is 106 Å². The normalized spacial score (nSPS) is 11.4. The highest BCUT2D eigenvalue weighted by Crippen LogP contribution is 2.25. The molecule has 0 aliphatic rings. The van der Waals surface area contributed by atoms with E-state index in [0.717, 1.165) is 5.69 Å². The molecule has 0 aliphatic carbocycles. The van der Waals surface area contributed by atoms with Crippen LogP contribution in [0.3, 0.4) is 0 Å². The molecule has 0 saturated carbocycles. The molecule has 0 atom stereocenters. The van der Waals surface area contributed by atoms with Crippen LogP contribution < -0.4 is 10.9 Å². The van der Waals surface area contributed by atoms with Gasteiger partial charge in [0.1, 0.15) is 5.82 Å². The van der Waals surface area contributed by atoms with Crippen molar-refractivity contribution in [3.8, 4) is 11.8 Å². The molecule has 172 valence electrons. The maximum absolute atomic E-state index is 13.3. The first-order chi connectivity index (χ1) is 16.2. The van der Waals surface area contributed by atoms with E-state index in [1.807, 2.05) is 12.1 Å². The molecule has 0 radical (unpaired) electrons. The number of aromatic nitrogens is 4. The predicted octanol–water partition coefficient (Wildman–Crippen LogP) is 4.02. The molecule has 2 heterocycles. The van der Waals surface area contributed by atoms with Crippen LogP contribution in [0.2, 0.25) is 0 Å². The fourth-order valence-corrected chi connectivity index (χ4v) is 4.19. The van der Waals surface area contributed by atoms with Gasteiger partial charge in [-0.2, -0.15) is 10.4 Å². The minimum absolute atomic E-state index is 0.0527. The number of hydrogen-bond donors (Lipinski definition) is 1. The molecule has 0 saturated heterocycles. The van der Waals surface area contributed by atoms with Crippen molar-refractivity contribution < 1.29 is 4.79 Å². The molecular formula is C25H24N6O2S. The van der Waals surface area contributed by atoms with Crippen LogP contribution in [0.4, 0.5) is 5.82 Å². The number of aryl methyl sites for hydroxylation is 1.